The lowest BCUT2D eigenvalue weighted by Gasteiger charge is -2.20. The zero-order chi connectivity index (χ0) is 32.6. The quantitative estimate of drug-likeness (QED) is 0.199. The number of anilines is 2. The van der Waals surface area contributed by atoms with Crippen molar-refractivity contribution in [1.82, 2.24) is 24.6 Å². The lowest BCUT2D eigenvalue weighted by molar-refractivity contribution is -0.140. The Kier molecular flexibility index (Phi) is 7.06. The van der Waals surface area contributed by atoms with Gasteiger partial charge in [0.2, 0.25) is 5.62 Å². The van der Waals surface area contributed by atoms with Crippen molar-refractivity contribution in [1.29, 1.82) is 0 Å². The number of aryl methyl sites for hydroxylation is 1. The van der Waals surface area contributed by atoms with Crippen molar-refractivity contribution in [2.45, 2.75) is 24.9 Å². The van der Waals surface area contributed by atoms with Crippen LogP contribution in [0.4, 0.5) is 46.5 Å². The molecule has 5 aromatic rings. The van der Waals surface area contributed by atoms with Crippen molar-refractivity contribution in [3.8, 4) is 0 Å². The van der Waals surface area contributed by atoms with Crippen molar-refractivity contribution in [3.05, 3.63) is 93.7 Å². The molecule has 45 heavy (non-hydrogen) atoms. The number of nitrogens with zero attached hydrogens (tertiary/aromatic N) is 5. The number of nitrogens with one attached hydrogen (secondary N) is 2. The number of imidazole rings is 1. The van der Waals surface area contributed by atoms with E-state index in [4.69, 9.17) is 11.6 Å². The fourth-order valence-electron chi connectivity index (χ4n) is 5.80. The lowest BCUT2D eigenvalue weighted by atomic mass is 9.94. The summed E-state index contributed by atoms with van der Waals surface area (Å²) in [5.74, 6) is -1.83. The van der Waals surface area contributed by atoms with Crippen LogP contribution in [0.2, 0.25) is 5.02 Å². The lowest BCUT2D eigenvalue weighted by Crippen LogP contribution is -2.30. The van der Waals surface area contributed by atoms with Crippen molar-refractivity contribution >= 4 is 50.6 Å². The molecular formula is C29H20ClF8N7. The maximum atomic E-state index is 14.5. The minimum Gasteiger partial charge on any atom is -0.374 e. The normalized spacial score (nSPS) is 15.7. The molecule has 0 spiro atoms. The Bertz CT molecular complexity index is 2110. The summed E-state index contributed by atoms with van der Waals surface area (Å²) in [6, 6.07) is 5.21. The second kappa shape index (κ2) is 10.5. The second-order valence-electron chi connectivity index (χ2n) is 10.3. The molecule has 6 rings (SSSR count). The molecule has 1 aliphatic heterocycles. The van der Waals surface area contributed by atoms with Gasteiger partial charge in [-0.15, -0.1) is 5.10 Å². The Labute approximate surface area is 253 Å². The Morgan fingerprint density at radius 3 is 2.44 bits per heavy atom. The molecule has 2 aromatic heterocycles. The molecule has 3 heterocycles. The van der Waals surface area contributed by atoms with E-state index in [0.29, 0.717) is 17.2 Å². The highest BCUT2D eigenvalue weighted by molar-refractivity contribution is 6.31. The fourth-order valence-corrected chi connectivity index (χ4v) is 6.02. The van der Waals surface area contributed by atoms with Gasteiger partial charge in [0.05, 0.1) is 34.5 Å². The first-order valence-electron chi connectivity index (χ1n) is 13.0. The van der Waals surface area contributed by atoms with Crippen LogP contribution in [0.15, 0.2) is 54.2 Å². The molecule has 1 aliphatic rings. The van der Waals surface area contributed by atoms with Crippen LogP contribution in [0.5, 0.6) is 0 Å². The first-order chi connectivity index (χ1) is 21.1. The van der Waals surface area contributed by atoms with Gasteiger partial charge in [-0.25, -0.2) is 8.78 Å². The van der Waals surface area contributed by atoms with Gasteiger partial charge in [-0.05, 0) is 36.4 Å². The van der Waals surface area contributed by atoms with E-state index in [1.165, 1.54) is 36.9 Å². The van der Waals surface area contributed by atoms with Crippen LogP contribution in [-0.4, -0.2) is 32.6 Å². The van der Waals surface area contributed by atoms with E-state index in [0.717, 1.165) is 22.9 Å². The molecule has 7 nitrogen and oxygen atoms in total. The van der Waals surface area contributed by atoms with Gasteiger partial charge < -0.3 is 19.8 Å². The van der Waals surface area contributed by atoms with E-state index >= 15 is 0 Å². The Hall–Kier alpha value is -4.66. The third kappa shape index (κ3) is 5.14. The van der Waals surface area contributed by atoms with Crippen molar-refractivity contribution in [3.63, 3.8) is 0 Å². The molecule has 0 bridgehead atoms. The van der Waals surface area contributed by atoms with Gasteiger partial charge >= 0.3 is 12.4 Å². The van der Waals surface area contributed by atoms with E-state index in [-0.39, 0.29) is 49.7 Å². The number of halogens is 9. The zero-order valence-electron chi connectivity index (χ0n) is 23.2. The third-order valence-corrected chi connectivity index (χ3v) is 7.83. The molecule has 1 unspecified atom stereocenters. The van der Waals surface area contributed by atoms with Crippen LogP contribution >= 0.6 is 11.6 Å². The predicted octanol–water partition coefficient (Wildman–Crippen LogP) is 7.37. The molecule has 0 aliphatic carbocycles. The molecule has 1 atom stereocenters. The molecule has 16 heteroatoms. The van der Waals surface area contributed by atoms with E-state index in [9.17, 15) is 35.1 Å². The van der Waals surface area contributed by atoms with E-state index in [1.54, 1.807) is 0 Å². The minimum absolute atomic E-state index is 0.0408. The number of hydrogen-bond acceptors (Lipinski definition) is 5. The Balaban J connectivity index is 1.70. The maximum absolute atomic E-state index is 14.5. The fraction of sp³-hybridized carbons (Fsp3) is 0.207. The number of fused-ring (bicyclic) bond motifs is 4. The van der Waals surface area contributed by atoms with Crippen molar-refractivity contribution in [2.24, 2.45) is 12.0 Å². The molecule has 0 fully saturated rings. The highest BCUT2D eigenvalue weighted by atomic mass is 35.5. The zero-order valence-corrected chi connectivity index (χ0v) is 23.9. The number of benzene rings is 3. The third-order valence-electron chi connectivity index (χ3n) is 7.49. The summed E-state index contributed by atoms with van der Waals surface area (Å²) in [7, 11) is 2.84. The molecule has 0 amide bonds. The summed E-state index contributed by atoms with van der Waals surface area (Å²) in [4.78, 5) is 4.06. The van der Waals surface area contributed by atoms with Gasteiger partial charge in [-0.1, -0.05) is 18.2 Å². The summed E-state index contributed by atoms with van der Waals surface area (Å²) in [5, 5.41) is 13.2. The summed E-state index contributed by atoms with van der Waals surface area (Å²) in [6.45, 7) is 2.63. The van der Waals surface area contributed by atoms with Crippen LogP contribution in [0, 0.1) is 11.6 Å². The highest BCUT2D eigenvalue weighted by Gasteiger charge is 2.38. The molecule has 2 N–H and O–H groups in total. The monoisotopic (exact) mass is 653 g/mol. The summed E-state index contributed by atoms with van der Waals surface area (Å²) < 4.78 is 114. The number of rotatable bonds is 4. The van der Waals surface area contributed by atoms with Gasteiger partial charge in [-0.2, -0.15) is 31.4 Å². The molecule has 234 valence electrons. The highest BCUT2D eigenvalue weighted by Crippen LogP contribution is 2.47. The summed E-state index contributed by atoms with van der Waals surface area (Å²) in [6.07, 6.45) is -8.57. The summed E-state index contributed by atoms with van der Waals surface area (Å²) in [5.41, 5.74) is -0.648. The first kappa shape index (κ1) is 30.4. The molecule has 0 radical (unpaired) electrons. The van der Waals surface area contributed by atoms with Crippen molar-refractivity contribution < 1.29 is 35.1 Å². The van der Waals surface area contributed by atoms with E-state index < -0.39 is 47.7 Å². The molecule has 0 saturated heterocycles. The molecule has 3 aromatic carbocycles. The van der Waals surface area contributed by atoms with Crippen LogP contribution < -0.4 is 16.3 Å². The number of aromatic nitrogens is 4. The Morgan fingerprint density at radius 2 is 1.78 bits per heavy atom. The van der Waals surface area contributed by atoms with Gasteiger partial charge in [-0.3, -0.25) is 4.99 Å². The molecule has 0 saturated carbocycles. The summed E-state index contributed by atoms with van der Waals surface area (Å²) >= 11 is 6.46. The van der Waals surface area contributed by atoms with Crippen LogP contribution in [-0.2, 0) is 19.8 Å². The first-order valence-corrected chi connectivity index (χ1v) is 13.4. The minimum atomic E-state index is -4.97. The molecular weight excluding hydrogens is 634 g/mol. The average molecular weight is 654 g/mol. The standard InChI is InChI=1S/C29H20ClF8N7/c1-12-22-23(25(41-12)15-6-13(31)4-5-18(15)30)19(9-21-26(22)44(3)27(39-2)45(21)11-28(33,34)35)42-20-10-40-43-24-16(20)7-14(32)8-17(24)29(36,37)38/h4-10,25,41H,1,11H2,2-3H3,(H,42,43). The van der Waals surface area contributed by atoms with Gasteiger partial charge in [0.1, 0.15) is 23.7 Å². The van der Waals surface area contributed by atoms with E-state index in [1.807, 2.05) is 0 Å². The van der Waals surface area contributed by atoms with Crippen LogP contribution in [0.25, 0.3) is 27.6 Å². The largest absolute Gasteiger partial charge is 0.418 e. The van der Waals surface area contributed by atoms with Crippen LogP contribution in [0.3, 0.4) is 0 Å². The Morgan fingerprint density at radius 1 is 1.04 bits per heavy atom. The topological polar surface area (TPSA) is 72.1 Å². The number of hydrogen-bond donors (Lipinski definition) is 2. The SMILES string of the molecule is C=C1NC(c2cc(F)ccc2Cl)c2c(Nc3cnnc4c(C(F)(F)F)cc(F)cc34)cc3c(c21)n(C)c(=NC)n3CC(F)(F)F. The predicted molar refractivity (Wildman–Crippen MR) is 152 cm³/mol. The maximum Gasteiger partial charge on any atom is 0.418 e. The van der Waals surface area contributed by atoms with Crippen LogP contribution in [0.1, 0.15) is 28.3 Å². The van der Waals surface area contributed by atoms with Gasteiger partial charge in [0.25, 0.3) is 0 Å². The van der Waals surface area contributed by atoms with E-state index in [2.05, 4.69) is 32.4 Å². The smallest absolute Gasteiger partial charge is 0.374 e. The van der Waals surface area contributed by atoms with Crippen molar-refractivity contribution in [2.75, 3.05) is 12.4 Å². The van der Waals surface area contributed by atoms with Gasteiger partial charge in [0.15, 0.2) is 0 Å². The van der Waals surface area contributed by atoms with Gasteiger partial charge in [0, 0.05) is 52.6 Å². The number of alkyl halides is 6. The average Bonchev–Trinajstić information content (AvgIpc) is 3.41. The second-order valence-corrected chi connectivity index (χ2v) is 10.7.